The molecule has 22 heteroatoms. The summed E-state index contributed by atoms with van der Waals surface area (Å²) in [7, 11) is 0. The average molecular weight is 568 g/mol. The minimum absolute atomic E-state index is 2.11. The van der Waals surface area contributed by atoms with Crippen LogP contribution in [-0.2, 0) is 18.9 Å². The summed E-state index contributed by atoms with van der Waals surface area (Å²) < 4.78 is 220. The molecule has 0 amide bonds. The lowest BCUT2D eigenvalue weighted by atomic mass is 9.90. The molecule has 212 valence electrons. The van der Waals surface area contributed by atoms with Gasteiger partial charge in [-0.25, -0.2) is 23.0 Å². The maximum atomic E-state index is 14.0. The van der Waals surface area contributed by atoms with Gasteiger partial charge in [-0.1, -0.05) is 0 Å². The van der Waals surface area contributed by atoms with E-state index in [1.165, 1.54) is 0 Å². The zero-order chi connectivity index (χ0) is 28.4. The molecule has 2 N–H and O–H groups in total. The normalized spacial score (nSPS) is 15.6. The Morgan fingerprint density at radius 2 is 0.771 bits per heavy atom. The van der Waals surface area contributed by atoms with Gasteiger partial charge in [0.2, 0.25) is 0 Å². The van der Waals surface area contributed by atoms with Crippen LogP contribution < -0.4 is 0 Å². The van der Waals surface area contributed by atoms with Crippen LogP contribution in [0.4, 0.5) is 70.2 Å². The van der Waals surface area contributed by atoms with E-state index in [1.54, 1.807) is 0 Å². The Bertz CT molecular complexity index is 683. The van der Waals surface area contributed by atoms with Crippen molar-refractivity contribution in [2.24, 2.45) is 5.41 Å². The molecular formula is C13H12F16O6. The van der Waals surface area contributed by atoms with E-state index in [2.05, 4.69) is 18.9 Å². The standard InChI is InChI=1S/C13H12F16O6/c14-1-6(2-15,5-32-10(22,23)11(24,25)33-7(16,17)3-30)9(20,21)35-13(28,29)12(26,27)34-8(18,19)4-31/h30-31H,1-5H2. The Morgan fingerprint density at radius 1 is 0.457 bits per heavy atom. The fourth-order valence-corrected chi connectivity index (χ4v) is 1.55. The van der Waals surface area contributed by atoms with Crippen molar-refractivity contribution in [3.05, 3.63) is 0 Å². The molecule has 0 aliphatic rings. The topological polar surface area (TPSA) is 77.4 Å². The molecule has 0 fully saturated rings. The van der Waals surface area contributed by atoms with Crippen LogP contribution in [0.3, 0.4) is 0 Å². The predicted molar refractivity (Wildman–Crippen MR) is 72.4 cm³/mol. The lowest BCUT2D eigenvalue weighted by Gasteiger charge is -2.39. The van der Waals surface area contributed by atoms with Crippen LogP contribution >= 0.6 is 0 Å². The van der Waals surface area contributed by atoms with Crippen molar-refractivity contribution in [2.45, 2.75) is 42.8 Å². The molecular weight excluding hydrogens is 556 g/mol. The van der Waals surface area contributed by atoms with Crippen molar-refractivity contribution in [2.75, 3.05) is 33.2 Å². The summed E-state index contributed by atoms with van der Waals surface area (Å²) in [4.78, 5) is 0. The smallest absolute Gasteiger partial charge is 0.387 e. The molecule has 0 unspecified atom stereocenters. The Kier molecular flexibility index (Phi) is 10.1. The highest BCUT2D eigenvalue weighted by Crippen LogP contribution is 2.50. The van der Waals surface area contributed by atoms with Gasteiger partial charge < -0.3 is 14.9 Å². The molecule has 0 heterocycles. The second-order valence-electron chi connectivity index (χ2n) is 6.32. The molecule has 0 radical (unpaired) electrons. The molecule has 0 aromatic heterocycles. The summed E-state index contributed by atoms with van der Waals surface area (Å²) in [5.41, 5.74) is -4.94. The zero-order valence-electron chi connectivity index (χ0n) is 16.1. The van der Waals surface area contributed by atoms with Crippen molar-refractivity contribution >= 4 is 0 Å². The number of halogens is 16. The number of rotatable bonds is 16. The molecule has 6 nitrogen and oxygen atoms in total. The molecule has 0 bridgehead atoms. The average Bonchev–Trinajstić information content (AvgIpc) is 2.66. The highest BCUT2D eigenvalue weighted by molar-refractivity contribution is 4.90. The van der Waals surface area contributed by atoms with Crippen molar-refractivity contribution in [1.29, 1.82) is 0 Å². The first-order chi connectivity index (χ1) is 15.3. The summed E-state index contributed by atoms with van der Waals surface area (Å²) in [6.07, 6.45) is -44.4. The third-order valence-corrected chi connectivity index (χ3v) is 3.52. The molecule has 0 saturated heterocycles. The van der Waals surface area contributed by atoms with Crippen LogP contribution in [0.25, 0.3) is 0 Å². The summed E-state index contributed by atoms with van der Waals surface area (Å²) in [5.74, 6) is 0. The van der Waals surface area contributed by atoms with Crippen LogP contribution in [0.2, 0.25) is 0 Å². The predicted octanol–water partition coefficient (Wildman–Crippen LogP) is 4.11. The fraction of sp³-hybridized carbons (Fsp3) is 1.00. The van der Waals surface area contributed by atoms with Gasteiger partial charge in [0.15, 0.2) is 0 Å². The first-order valence-electron chi connectivity index (χ1n) is 8.05. The molecule has 0 saturated carbocycles. The SMILES string of the molecule is OCC(F)(F)OC(F)(F)C(F)(F)OCC(CF)(CF)C(F)(F)OC(F)(F)C(F)(F)OC(F)(F)CO. The number of ether oxygens (including phenoxy) is 4. The Hall–Kier alpha value is -1.36. The molecule has 0 spiro atoms. The zero-order valence-corrected chi connectivity index (χ0v) is 16.1. The number of aliphatic hydroxyl groups excluding tert-OH is 2. The quantitative estimate of drug-likeness (QED) is 0.273. The van der Waals surface area contributed by atoms with Gasteiger partial charge in [-0.3, -0.25) is 0 Å². The minimum atomic E-state index is -6.98. The second-order valence-corrected chi connectivity index (χ2v) is 6.32. The summed E-state index contributed by atoms with van der Waals surface area (Å²) in [5, 5.41) is 16.0. The minimum Gasteiger partial charge on any atom is -0.387 e. The molecule has 35 heavy (non-hydrogen) atoms. The summed E-state index contributed by atoms with van der Waals surface area (Å²) in [6, 6.07) is 0. The maximum Gasteiger partial charge on any atom is 0.453 e. The first kappa shape index (κ1) is 33.6. The molecule has 0 aliphatic heterocycles. The van der Waals surface area contributed by atoms with Crippen molar-refractivity contribution in [3.8, 4) is 0 Å². The van der Waals surface area contributed by atoms with E-state index >= 15 is 0 Å². The van der Waals surface area contributed by atoms with Crippen molar-refractivity contribution in [3.63, 3.8) is 0 Å². The van der Waals surface area contributed by atoms with E-state index in [0.717, 1.165) is 0 Å². The largest absolute Gasteiger partial charge is 0.453 e. The highest BCUT2D eigenvalue weighted by Gasteiger charge is 2.72. The first-order valence-corrected chi connectivity index (χ1v) is 8.05. The lowest BCUT2D eigenvalue weighted by molar-refractivity contribution is -0.529. The summed E-state index contributed by atoms with van der Waals surface area (Å²) in [6.45, 7) is -15.0. The number of aliphatic hydroxyl groups is 2. The van der Waals surface area contributed by atoms with Crippen LogP contribution in [0, 0.1) is 5.41 Å². The lowest BCUT2D eigenvalue weighted by Crippen LogP contribution is -2.59. The van der Waals surface area contributed by atoms with E-state index < -0.39 is 81.3 Å². The van der Waals surface area contributed by atoms with Gasteiger partial charge >= 0.3 is 42.8 Å². The van der Waals surface area contributed by atoms with E-state index in [9.17, 15) is 70.2 Å². The number of hydrogen-bond donors (Lipinski definition) is 2. The van der Waals surface area contributed by atoms with Crippen molar-refractivity contribution < 1.29 is 99.4 Å². The number of alkyl halides is 16. The molecule has 0 aromatic rings. The molecule has 0 rings (SSSR count). The van der Waals surface area contributed by atoms with Gasteiger partial charge in [0.25, 0.3) is 0 Å². The van der Waals surface area contributed by atoms with Crippen molar-refractivity contribution in [1.82, 2.24) is 0 Å². The third kappa shape index (κ3) is 7.81. The molecule has 0 aromatic carbocycles. The van der Waals surface area contributed by atoms with E-state index in [1.807, 2.05) is 0 Å². The van der Waals surface area contributed by atoms with Gasteiger partial charge in [-0.15, -0.1) is 0 Å². The van der Waals surface area contributed by atoms with E-state index in [0.29, 0.717) is 0 Å². The fourth-order valence-electron chi connectivity index (χ4n) is 1.55. The number of hydrogen-bond acceptors (Lipinski definition) is 6. The Morgan fingerprint density at radius 3 is 1.09 bits per heavy atom. The van der Waals surface area contributed by atoms with Crippen LogP contribution in [0.15, 0.2) is 0 Å². The molecule has 0 aliphatic carbocycles. The summed E-state index contributed by atoms with van der Waals surface area (Å²) >= 11 is 0. The van der Waals surface area contributed by atoms with Gasteiger partial charge in [-0.05, 0) is 0 Å². The van der Waals surface area contributed by atoms with E-state index in [4.69, 9.17) is 10.2 Å². The van der Waals surface area contributed by atoms with Crippen LogP contribution in [0.1, 0.15) is 0 Å². The maximum absolute atomic E-state index is 14.0. The van der Waals surface area contributed by atoms with Gasteiger partial charge in [0.1, 0.15) is 32.0 Å². The van der Waals surface area contributed by atoms with Gasteiger partial charge in [0.05, 0.1) is 6.61 Å². The third-order valence-electron chi connectivity index (χ3n) is 3.52. The Labute approximate surface area is 182 Å². The van der Waals surface area contributed by atoms with Crippen LogP contribution in [-0.4, -0.2) is 86.1 Å². The Balaban J connectivity index is 5.97. The second kappa shape index (κ2) is 10.6. The van der Waals surface area contributed by atoms with Gasteiger partial charge in [-0.2, -0.15) is 61.5 Å². The monoisotopic (exact) mass is 568 g/mol. The van der Waals surface area contributed by atoms with Crippen LogP contribution in [0.5, 0.6) is 0 Å². The molecule has 0 atom stereocenters. The van der Waals surface area contributed by atoms with E-state index in [-0.39, 0.29) is 0 Å². The highest BCUT2D eigenvalue weighted by atomic mass is 19.4. The van der Waals surface area contributed by atoms with Gasteiger partial charge in [0, 0.05) is 0 Å².